The van der Waals surface area contributed by atoms with Gasteiger partial charge in [0.05, 0.1) is 0 Å². The predicted molar refractivity (Wildman–Crippen MR) is 93.1 cm³/mol. The summed E-state index contributed by atoms with van der Waals surface area (Å²) in [6.45, 7) is 4.02. The normalized spacial score (nSPS) is 14.2. The van der Waals surface area contributed by atoms with Crippen LogP contribution in [0.3, 0.4) is 0 Å². The summed E-state index contributed by atoms with van der Waals surface area (Å²) in [6.07, 6.45) is 0. The van der Waals surface area contributed by atoms with Gasteiger partial charge >= 0.3 is 0 Å². The van der Waals surface area contributed by atoms with E-state index in [2.05, 4.69) is 63.7 Å². The average Bonchev–Trinajstić information content (AvgIpc) is 1.77. The Kier molecular flexibility index (Phi) is 10.4. The molecule has 0 atom stereocenters. The van der Waals surface area contributed by atoms with Crippen molar-refractivity contribution in [3.8, 4) is 0 Å². The number of halogens is 10. The summed E-state index contributed by atoms with van der Waals surface area (Å²) in [7, 11) is 0. The summed E-state index contributed by atoms with van der Waals surface area (Å²) < 4.78 is -3.91. The quantitative estimate of drug-likeness (QED) is 0.267. The van der Waals surface area contributed by atoms with Gasteiger partial charge in [0, 0.05) is 0 Å². The van der Waals surface area contributed by atoms with E-state index < -0.39 is 7.59 Å². The maximum absolute atomic E-state index is 5.14. The van der Waals surface area contributed by atoms with Crippen LogP contribution in [0.4, 0.5) is 0 Å². The van der Waals surface area contributed by atoms with Gasteiger partial charge < -0.3 is 0 Å². The van der Waals surface area contributed by atoms with Crippen molar-refractivity contribution in [1.82, 2.24) is 0 Å². The summed E-state index contributed by atoms with van der Waals surface area (Å²) in [5.41, 5.74) is 0. The Balaban J connectivity index is 0. The fourth-order valence-electron chi connectivity index (χ4n) is 0. The molecule has 16 heavy (non-hydrogen) atoms. The lowest BCUT2D eigenvalue weighted by atomic mass is 10.4. The molecule has 0 saturated carbocycles. The van der Waals surface area contributed by atoms with E-state index in [-0.39, 0.29) is 6.47 Å². The Hall–Kier alpha value is 3.66. The zero-order valence-corrected chi connectivity index (χ0v) is 18.7. The maximum atomic E-state index is 5.14. The van der Waals surface area contributed by atoms with E-state index in [1.807, 2.05) is 13.8 Å². The Morgan fingerprint density at radius 1 is 0.562 bits per heavy atom. The van der Waals surface area contributed by atoms with Crippen LogP contribution in [-0.4, -0.2) is 14.1 Å². The summed E-state index contributed by atoms with van der Waals surface area (Å²) in [5.74, 6) is 0. The summed E-state index contributed by atoms with van der Waals surface area (Å²) >= 11 is 44.6. The number of alkyl halides is 10. The third-order valence-corrected chi connectivity index (χ3v) is 8.96. The molecule has 0 N–H and O–H groups in total. The fourth-order valence-corrected chi connectivity index (χ4v) is 0. The van der Waals surface area contributed by atoms with Gasteiger partial charge in [-0.25, -0.2) is 0 Å². The fraction of sp³-hybridized carbons (Fsp3) is 1.00. The van der Waals surface area contributed by atoms with Gasteiger partial charge in [-0.2, -0.15) is 0 Å². The van der Waals surface area contributed by atoms with Crippen LogP contribution in [-0.2, 0) is 0 Å². The molecule has 0 radical (unpaired) electrons. The molecule has 0 aromatic heterocycles. The SMILES string of the molecule is CC(Br)(Br)C(C)(Br)Br.ClC(Cl)(Cl)C(Cl)(Cl)Cl. The molecule has 0 nitrogen and oxygen atoms in total. The summed E-state index contributed by atoms with van der Waals surface area (Å²) in [5, 5.41) is 0. The number of rotatable bonds is 1. The lowest BCUT2D eigenvalue weighted by molar-refractivity contribution is 0.871. The van der Waals surface area contributed by atoms with Gasteiger partial charge in [-0.3, -0.25) is 0 Å². The molecule has 0 bridgehead atoms. The molecule has 0 aliphatic rings. The topological polar surface area (TPSA) is 0 Å². The van der Waals surface area contributed by atoms with Crippen molar-refractivity contribution in [2.45, 2.75) is 27.9 Å². The maximum Gasteiger partial charge on any atom is 0.236 e. The van der Waals surface area contributed by atoms with Crippen molar-refractivity contribution in [2.75, 3.05) is 0 Å². The predicted octanol–water partition coefficient (Wildman–Crippen LogP) is 7.73. The molecular weight excluding hydrogens is 604 g/mol. The Labute approximate surface area is 159 Å². The molecule has 0 spiro atoms. The molecule has 0 aliphatic carbocycles. The van der Waals surface area contributed by atoms with Crippen LogP contribution in [0.25, 0.3) is 0 Å². The van der Waals surface area contributed by atoms with E-state index in [0.717, 1.165) is 0 Å². The lowest BCUT2D eigenvalue weighted by Gasteiger charge is -2.26. The molecular formula is C6H6Br4Cl6. The lowest BCUT2D eigenvalue weighted by Crippen LogP contribution is -2.26. The minimum absolute atomic E-state index is 0.104. The minimum Gasteiger partial charge on any atom is -0.0788 e. The third-order valence-electron chi connectivity index (χ3n) is 1.09. The van der Waals surface area contributed by atoms with Crippen LogP contribution in [0.15, 0.2) is 0 Å². The molecule has 100 valence electrons. The van der Waals surface area contributed by atoms with E-state index in [1.165, 1.54) is 0 Å². The van der Waals surface area contributed by atoms with Crippen molar-refractivity contribution in [3.05, 3.63) is 0 Å². The van der Waals surface area contributed by atoms with E-state index >= 15 is 0 Å². The zero-order chi connectivity index (χ0) is 14.0. The summed E-state index contributed by atoms with van der Waals surface area (Å²) in [4.78, 5) is 0. The van der Waals surface area contributed by atoms with E-state index in [1.54, 1.807) is 0 Å². The van der Waals surface area contributed by atoms with Crippen LogP contribution in [0.2, 0.25) is 0 Å². The van der Waals surface area contributed by atoms with Gasteiger partial charge in [0.1, 0.15) is 6.47 Å². The first kappa shape index (κ1) is 21.9. The Morgan fingerprint density at radius 2 is 0.688 bits per heavy atom. The minimum atomic E-state index is -1.85. The highest BCUT2D eigenvalue weighted by Gasteiger charge is 2.44. The van der Waals surface area contributed by atoms with Crippen LogP contribution in [0.1, 0.15) is 13.8 Å². The van der Waals surface area contributed by atoms with Gasteiger partial charge in [-0.1, -0.05) is 133 Å². The highest BCUT2D eigenvalue weighted by Crippen LogP contribution is 2.48. The summed E-state index contributed by atoms with van der Waals surface area (Å²) in [6, 6.07) is 0. The second-order valence-electron chi connectivity index (χ2n) is 2.77. The highest BCUT2D eigenvalue weighted by molar-refractivity contribution is 9.30. The van der Waals surface area contributed by atoms with Crippen molar-refractivity contribution in [2.24, 2.45) is 0 Å². The molecule has 0 amide bonds. The molecule has 0 aromatic rings. The van der Waals surface area contributed by atoms with E-state index in [0.29, 0.717) is 0 Å². The molecule has 0 rings (SSSR count). The van der Waals surface area contributed by atoms with Crippen LogP contribution >= 0.6 is 133 Å². The third kappa shape index (κ3) is 10.4. The largest absolute Gasteiger partial charge is 0.236 e. The molecule has 0 fully saturated rings. The molecule has 0 heterocycles. The van der Waals surface area contributed by atoms with E-state index in [4.69, 9.17) is 69.6 Å². The van der Waals surface area contributed by atoms with Gasteiger partial charge in [0.25, 0.3) is 0 Å². The standard InChI is InChI=1S/C4H6Br4.C2Cl6/c1-3(5,6)4(2,7)8;3-1(4,5)2(6,7)8/h1-2H3;. The van der Waals surface area contributed by atoms with Crippen LogP contribution in [0.5, 0.6) is 0 Å². The first-order valence-electron chi connectivity index (χ1n) is 3.39. The smallest absolute Gasteiger partial charge is 0.0788 e. The second-order valence-corrected chi connectivity index (χ2v) is 15.8. The van der Waals surface area contributed by atoms with Crippen LogP contribution in [0, 0.1) is 0 Å². The molecule has 0 unspecified atom stereocenters. The highest BCUT2D eigenvalue weighted by atomic mass is 79.9. The second kappa shape index (κ2) is 7.61. The van der Waals surface area contributed by atoms with Crippen molar-refractivity contribution in [3.63, 3.8) is 0 Å². The Morgan fingerprint density at radius 3 is 0.688 bits per heavy atom. The molecule has 10 heteroatoms. The van der Waals surface area contributed by atoms with Gasteiger partial charge in [0.2, 0.25) is 7.59 Å². The van der Waals surface area contributed by atoms with Crippen molar-refractivity contribution < 1.29 is 0 Å². The van der Waals surface area contributed by atoms with Gasteiger partial charge in [-0.15, -0.1) is 0 Å². The van der Waals surface area contributed by atoms with Gasteiger partial charge in [0.15, 0.2) is 0 Å². The Bertz CT molecular complexity index is 159. The molecule has 0 aromatic carbocycles. The first-order chi connectivity index (χ1) is 6.50. The van der Waals surface area contributed by atoms with E-state index in [9.17, 15) is 0 Å². The number of hydrogen-bond donors (Lipinski definition) is 0. The van der Waals surface area contributed by atoms with Crippen LogP contribution < -0.4 is 0 Å². The van der Waals surface area contributed by atoms with Crippen molar-refractivity contribution in [1.29, 1.82) is 0 Å². The first-order valence-corrected chi connectivity index (χ1v) is 8.83. The molecule has 0 saturated heterocycles. The zero-order valence-electron chi connectivity index (χ0n) is 7.78. The van der Waals surface area contributed by atoms with Gasteiger partial charge in [-0.05, 0) is 13.8 Å². The average molecular weight is 610 g/mol. The number of hydrogen-bond acceptors (Lipinski definition) is 0. The monoisotopic (exact) mass is 604 g/mol. The molecule has 0 aliphatic heterocycles. The van der Waals surface area contributed by atoms with Crippen molar-refractivity contribution >= 4 is 133 Å².